The van der Waals surface area contributed by atoms with Crippen molar-refractivity contribution in [3.63, 3.8) is 0 Å². The maximum Gasteiger partial charge on any atom is 0.240 e. The third-order valence-corrected chi connectivity index (χ3v) is 3.69. The molecule has 1 aliphatic heterocycles. The van der Waals surface area contributed by atoms with Gasteiger partial charge in [-0.3, -0.25) is 4.79 Å². The van der Waals surface area contributed by atoms with E-state index in [0.29, 0.717) is 12.4 Å². The molecule has 126 valence electrons. The fourth-order valence-corrected chi connectivity index (χ4v) is 2.41. The number of nitrogens with one attached hydrogen (secondary N) is 3. The number of hydrazone groups is 1. The molecule has 0 aromatic heterocycles. The fraction of sp³-hybridized carbons (Fsp3) is 0.412. The van der Waals surface area contributed by atoms with Crippen molar-refractivity contribution in [2.75, 3.05) is 11.9 Å². The van der Waals surface area contributed by atoms with Crippen LogP contribution in [-0.2, 0) is 4.79 Å². The van der Waals surface area contributed by atoms with E-state index < -0.39 is 0 Å². The molecule has 1 aromatic carbocycles. The Morgan fingerprint density at radius 1 is 1.46 bits per heavy atom. The molecule has 1 amide bonds. The first-order valence-corrected chi connectivity index (χ1v) is 8.08. The molecule has 0 fully saturated rings. The standard InChI is InChI=1S/C17H22N6O/c1-3-4-9-19-17(20-11-18)21-14-7-5-13(6-8-14)16-12(2)10-15(24)22-23-16/h5-8,12H,3-4,9-10H2,1-2H3,(H,22,24)(H2,19,20,21). The predicted molar refractivity (Wildman–Crippen MR) is 94.5 cm³/mol. The zero-order chi connectivity index (χ0) is 17.4. The highest BCUT2D eigenvalue weighted by molar-refractivity contribution is 6.06. The van der Waals surface area contributed by atoms with E-state index >= 15 is 0 Å². The summed E-state index contributed by atoms with van der Waals surface area (Å²) in [5, 5.41) is 19.1. The lowest BCUT2D eigenvalue weighted by molar-refractivity contribution is -0.121. The Morgan fingerprint density at radius 3 is 2.83 bits per heavy atom. The van der Waals surface area contributed by atoms with Gasteiger partial charge in [-0.05, 0) is 24.1 Å². The number of hydrogen-bond acceptors (Lipinski definition) is 4. The van der Waals surface area contributed by atoms with Crippen LogP contribution in [0.25, 0.3) is 0 Å². The predicted octanol–water partition coefficient (Wildman–Crippen LogP) is 2.19. The molecule has 3 N–H and O–H groups in total. The van der Waals surface area contributed by atoms with Gasteiger partial charge in [-0.2, -0.15) is 10.4 Å². The van der Waals surface area contributed by atoms with Crippen molar-refractivity contribution in [2.24, 2.45) is 16.0 Å². The van der Waals surface area contributed by atoms with E-state index in [9.17, 15) is 4.79 Å². The van der Waals surface area contributed by atoms with Gasteiger partial charge in [0.1, 0.15) is 0 Å². The summed E-state index contributed by atoms with van der Waals surface area (Å²) in [4.78, 5) is 15.1. The molecule has 0 saturated carbocycles. The molecular weight excluding hydrogens is 304 g/mol. The summed E-state index contributed by atoms with van der Waals surface area (Å²) in [6.45, 7) is 4.85. The van der Waals surface area contributed by atoms with E-state index in [1.165, 1.54) is 0 Å². The second-order valence-electron chi connectivity index (χ2n) is 5.68. The van der Waals surface area contributed by atoms with Crippen molar-refractivity contribution >= 4 is 23.3 Å². The van der Waals surface area contributed by atoms with Gasteiger partial charge < -0.3 is 10.6 Å². The van der Waals surface area contributed by atoms with Crippen molar-refractivity contribution in [1.29, 1.82) is 5.26 Å². The molecule has 7 nitrogen and oxygen atoms in total. The molecule has 1 atom stereocenters. The Kier molecular flexibility index (Phi) is 6.32. The molecule has 0 bridgehead atoms. The number of anilines is 1. The molecule has 24 heavy (non-hydrogen) atoms. The Balaban J connectivity index is 2.04. The summed E-state index contributed by atoms with van der Waals surface area (Å²) in [5.74, 6) is 0.471. The lowest BCUT2D eigenvalue weighted by atomic mass is 9.94. The number of carbonyl (C=O) groups is 1. The van der Waals surface area contributed by atoms with Crippen molar-refractivity contribution in [1.82, 2.24) is 10.7 Å². The fourth-order valence-electron chi connectivity index (χ4n) is 2.41. The van der Waals surface area contributed by atoms with Crippen molar-refractivity contribution in [2.45, 2.75) is 33.1 Å². The summed E-state index contributed by atoms with van der Waals surface area (Å²) in [7, 11) is 0. The first-order chi connectivity index (χ1) is 11.6. The van der Waals surface area contributed by atoms with Crippen molar-refractivity contribution < 1.29 is 4.79 Å². The molecule has 7 heteroatoms. The van der Waals surface area contributed by atoms with Crippen molar-refractivity contribution in [3.8, 4) is 6.19 Å². The first kappa shape index (κ1) is 17.5. The van der Waals surface area contributed by atoms with Gasteiger partial charge in [0, 0.05) is 24.6 Å². The highest BCUT2D eigenvalue weighted by atomic mass is 16.2. The number of nitrogens with zero attached hydrogens (tertiary/aromatic N) is 3. The summed E-state index contributed by atoms with van der Waals surface area (Å²) in [6, 6.07) is 7.67. The molecule has 2 rings (SSSR count). The minimum Gasteiger partial charge on any atom is -0.355 e. The number of benzene rings is 1. The number of aliphatic imine (C=N–C) groups is 1. The number of guanidine groups is 1. The first-order valence-electron chi connectivity index (χ1n) is 8.08. The van der Waals surface area contributed by atoms with Crippen LogP contribution in [-0.4, -0.2) is 24.1 Å². The monoisotopic (exact) mass is 326 g/mol. The number of nitriles is 1. The van der Waals surface area contributed by atoms with Crippen LogP contribution in [0.1, 0.15) is 38.7 Å². The summed E-state index contributed by atoms with van der Waals surface area (Å²) in [5.41, 5.74) is 5.18. The maximum absolute atomic E-state index is 11.3. The van der Waals surface area contributed by atoms with Crippen molar-refractivity contribution in [3.05, 3.63) is 29.8 Å². The van der Waals surface area contributed by atoms with Gasteiger partial charge in [0.25, 0.3) is 0 Å². The third kappa shape index (κ3) is 4.81. The minimum absolute atomic E-state index is 0.0555. The van der Waals surface area contributed by atoms with Crippen LogP contribution in [0.2, 0.25) is 0 Å². The highest BCUT2D eigenvalue weighted by Crippen LogP contribution is 2.18. The quantitative estimate of drug-likeness (QED) is 0.334. The zero-order valence-corrected chi connectivity index (χ0v) is 14.0. The largest absolute Gasteiger partial charge is 0.355 e. The molecule has 1 aromatic rings. The van der Waals surface area contributed by atoms with Gasteiger partial charge in [0.15, 0.2) is 0 Å². The van der Waals surface area contributed by atoms with Crippen LogP contribution in [0, 0.1) is 17.4 Å². The third-order valence-electron chi connectivity index (χ3n) is 3.69. The molecule has 1 aliphatic rings. The second-order valence-corrected chi connectivity index (χ2v) is 5.68. The molecule has 0 aliphatic carbocycles. The van der Waals surface area contributed by atoms with E-state index in [1.54, 1.807) is 6.19 Å². The van der Waals surface area contributed by atoms with Gasteiger partial charge in [0.2, 0.25) is 18.1 Å². The zero-order valence-electron chi connectivity index (χ0n) is 14.0. The van der Waals surface area contributed by atoms with E-state index in [1.807, 2.05) is 31.2 Å². The van der Waals surface area contributed by atoms with Crippen LogP contribution >= 0.6 is 0 Å². The Hall–Kier alpha value is -2.88. The number of unbranched alkanes of at least 4 members (excludes halogenated alkanes) is 1. The van der Waals surface area contributed by atoms with E-state index in [2.05, 4.69) is 33.1 Å². The summed E-state index contributed by atoms with van der Waals surface area (Å²) in [6.07, 6.45) is 4.31. The number of amides is 1. The van der Waals surface area contributed by atoms with Crippen LogP contribution in [0.15, 0.2) is 34.4 Å². The second kappa shape index (κ2) is 8.67. The van der Waals surface area contributed by atoms with Gasteiger partial charge in [-0.25, -0.2) is 5.43 Å². The molecular formula is C17H22N6O. The molecule has 0 radical (unpaired) electrons. The summed E-state index contributed by atoms with van der Waals surface area (Å²) < 4.78 is 0. The van der Waals surface area contributed by atoms with E-state index in [4.69, 9.17) is 5.26 Å². The van der Waals surface area contributed by atoms with Crippen LogP contribution in [0.4, 0.5) is 5.69 Å². The van der Waals surface area contributed by atoms with Crippen LogP contribution < -0.4 is 16.1 Å². The van der Waals surface area contributed by atoms with E-state index in [-0.39, 0.29) is 11.8 Å². The van der Waals surface area contributed by atoms with E-state index in [0.717, 1.165) is 36.3 Å². The van der Waals surface area contributed by atoms with Gasteiger partial charge in [-0.15, -0.1) is 4.99 Å². The smallest absolute Gasteiger partial charge is 0.240 e. The maximum atomic E-state index is 11.3. The molecule has 1 heterocycles. The topological polar surface area (TPSA) is 102 Å². The van der Waals surface area contributed by atoms with Gasteiger partial charge in [-0.1, -0.05) is 32.4 Å². The van der Waals surface area contributed by atoms with Crippen LogP contribution in [0.3, 0.4) is 0 Å². The molecule has 1 unspecified atom stereocenters. The minimum atomic E-state index is -0.0555. The highest BCUT2D eigenvalue weighted by Gasteiger charge is 2.21. The Labute approximate surface area is 141 Å². The molecule has 0 saturated heterocycles. The lowest BCUT2D eigenvalue weighted by Gasteiger charge is -2.19. The summed E-state index contributed by atoms with van der Waals surface area (Å²) >= 11 is 0. The van der Waals surface area contributed by atoms with Crippen LogP contribution in [0.5, 0.6) is 0 Å². The normalized spacial score (nSPS) is 17.5. The number of hydrogen-bond donors (Lipinski definition) is 3. The lowest BCUT2D eigenvalue weighted by Crippen LogP contribution is -2.32. The number of rotatable bonds is 5. The number of carbonyl (C=O) groups excluding carboxylic acids is 1. The average molecular weight is 326 g/mol. The van der Waals surface area contributed by atoms with Gasteiger partial charge >= 0.3 is 0 Å². The average Bonchev–Trinajstić information content (AvgIpc) is 2.56. The Bertz CT molecular complexity index is 671. The molecule has 0 spiro atoms. The Morgan fingerprint density at radius 2 is 2.21 bits per heavy atom. The van der Waals surface area contributed by atoms with Gasteiger partial charge in [0.05, 0.1) is 5.71 Å². The SMILES string of the molecule is CCCCNC(=NC#N)Nc1ccc(C2=NNC(=O)CC2C)cc1.